The Hall–Kier alpha value is -4.42. The largest absolute Gasteiger partial charge is 0.454 e. The van der Waals surface area contributed by atoms with E-state index < -0.39 is 18.8 Å². The van der Waals surface area contributed by atoms with E-state index in [2.05, 4.69) is 36.2 Å². The maximum Gasteiger partial charge on any atom is 0.422 e. The molecule has 2 aromatic carbocycles. The first-order valence-corrected chi connectivity index (χ1v) is 14.4. The lowest BCUT2D eigenvalue weighted by atomic mass is 10.1. The van der Waals surface area contributed by atoms with Crippen molar-refractivity contribution in [2.75, 3.05) is 17.2 Å². The lowest BCUT2D eigenvalue weighted by Crippen LogP contribution is -2.22. The number of fused-ring (bicyclic) bond motifs is 16. The fraction of sp³-hybridized carbons (Fsp3) is 0.433. The summed E-state index contributed by atoms with van der Waals surface area (Å²) in [6.07, 6.45) is 1.96. The zero-order valence-corrected chi connectivity index (χ0v) is 23.8. The highest BCUT2D eigenvalue weighted by Crippen LogP contribution is 2.21. The van der Waals surface area contributed by atoms with Crippen LogP contribution in [0.5, 0.6) is 6.01 Å². The highest BCUT2D eigenvalue weighted by Gasteiger charge is 2.29. The molecule has 43 heavy (non-hydrogen) atoms. The number of hydrogen-bond acceptors (Lipinski definition) is 8. The standard InChI is InChI=1S/C30H36F3N7O3/c31-30(32,33)20-43-29-39-27-36-19-23-9-7-8-22(16-23)18-35-26(42)11-6-4-2-1-3-5-10-25(41)34-17-21-12-14-24(15-13-21)37-28(38-27)40-29/h7-9,12-16H,1-6,10-11,17-20H2,(H,34,41)(H,35,42)(H2,36,37,38,39,40). The summed E-state index contributed by atoms with van der Waals surface area (Å²) in [7, 11) is 0. The van der Waals surface area contributed by atoms with E-state index in [1.807, 2.05) is 36.4 Å². The molecule has 0 atom stereocenters. The molecule has 5 rings (SSSR count). The van der Waals surface area contributed by atoms with Crippen LogP contribution in [0.1, 0.15) is 68.1 Å². The van der Waals surface area contributed by atoms with E-state index in [-0.39, 0.29) is 30.3 Å². The van der Waals surface area contributed by atoms with Crippen LogP contribution in [0.2, 0.25) is 0 Å². The van der Waals surface area contributed by atoms with Crippen LogP contribution in [0.3, 0.4) is 0 Å². The topological polar surface area (TPSA) is 130 Å². The second-order valence-electron chi connectivity index (χ2n) is 10.3. The van der Waals surface area contributed by atoms with E-state index in [0.29, 0.717) is 31.6 Å². The molecule has 2 amide bonds. The van der Waals surface area contributed by atoms with Gasteiger partial charge in [0.15, 0.2) is 6.61 Å². The van der Waals surface area contributed by atoms with E-state index in [1.165, 1.54) is 0 Å². The minimum Gasteiger partial charge on any atom is -0.454 e. The van der Waals surface area contributed by atoms with E-state index in [4.69, 9.17) is 4.74 Å². The normalized spacial score (nSPS) is 16.2. The molecule has 2 aliphatic heterocycles. The fourth-order valence-electron chi connectivity index (χ4n) is 4.42. The monoisotopic (exact) mass is 599 g/mol. The number of benzene rings is 2. The number of nitrogens with one attached hydrogen (secondary N) is 4. The van der Waals surface area contributed by atoms with Gasteiger partial charge in [-0.1, -0.05) is 62.1 Å². The smallest absolute Gasteiger partial charge is 0.422 e. The highest BCUT2D eigenvalue weighted by molar-refractivity contribution is 5.76. The highest BCUT2D eigenvalue weighted by atomic mass is 19.4. The molecule has 0 aliphatic carbocycles. The molecule has 1 aromatic heterocycles. The van der Waals surface area contributed by atoms with Gasteiger partial charge in [0.05, 0.1) is 0 Å². The molecule has 10 nitrogen and oxygen atoms in total. The van der Waals surface area contributed by atoms with Gasteiger partial charge in [0.25, 0.3) is 0 Å². The van der Waals surface area contributed by atoms with Crippen LogP contribution in [-0.4, -0.2) is 39.5 Å². The van der Waals surface area contributed by atoms with E-state index in [9.17, 15) is 22.8 Å². The third-order valence-electron chi connectivity index (χ3n) is 6.67. The number of amides is 2. The van der Waals surface area contributed by atoms with Crippen LogP contribution in [-0.2, 0) is 29.2 Å². The summed E-state index contributed by atoms with van der Waals surface area (Å²) in [4.78, 5) is 36.8. The Kier molecular flexibility index (Phi) is 11.5. The Bertz CT molecular complexity index is 1350. The minimum atomic E-state index is -4.56. The van der Waals surface area contributed by atoms with Crippen molar-refractivity contribution in [1.82, 2.24) is 25.6 Å². The summed E-state index contributed by atoms with van der Waals surface area (Å²) in [5.74, 6) is -0.0180. The number of carbonyl (C=O) groups excluding carboxylic acids is 2. The Balaban J connectivity index is 1.50. The summed E-state index contributed by atoms with van der Waals surface area (Å²) in [6.45, 7) is -0.533. The Morgan fingerprint density at radius 3 is 1.86 bits per heavy atom. The molecule has 0 saturated heterocycles. The third kappa shape index (κ3) is 11.8. The molecule has 3 aromatic rings. The van der Waals surface area contributed by atoms with Gasteiger partial charge in [-0.3, -0.25) is 9.59 Å². The van der Waals surface area contributed by atoms with Crippen LogP contribution < -0.4 is 26.0 Å². The number of rotatable bonds is 2. The third-order valence-corrected chi connectivity index (χ3v) is 6.67. The molecule has 0 fully saturated rings. The average molecular weight is 600 g/mol. The van der Waals surface area contributed by atoms with Gasteiger partial charge >= 0.3 is 12.2 Å². The number of ether oxygens (including phenoxy) is 1. The average Bonchev–Trinajstić information content (AvgIpc) is 2.98. The first-order valence-electron chi connectivity index (χ1n) is 14.4. The van der Waals surface area contributed by atoms with Crippen LogP contribution in [0.25, 0.3) is 0 Å². The molecule has 2 aliphatic rings. The van der Waals surface area contributed by atoms with Crippen LogP contribution in [0.15, 0.2) is 48.5 Å². The second-order valence-corrected chi connectivity index (χ2v) is 10.3. The van der Waals surface area contributed by atoms with Gasteiger partial charge in [-0.2, -0.15) is 28.1 Å². The molecule has 0 radical (unpaired) electrons. The summed E-state index contributed by atoms with van der Waals surface area (Å²) < 4.78 is 43.2. The predicted octanol–water partition coefficient (Wildman–Crippen LogP) is 5.54. The van der Waals surface area contributed by atoms with Gasteiger partial charge in [-0.15, -0.1) is 0 Å². The van der Waals surface area contributed by atoms with Crippen molar-refractivity contribution in [3.63, 3.8) is 0 Å². The quantitative estimate of drug-likeness (QED) is 0.302. The zero-order chi connectivity index (χ0) is 30.5. The van der Waals surface area contributed by atoms with Crippen molar-refractivity contribution in [3.8, 4) is 6.01 Å². The predicted molar refractivity (Wildman–Crippen MR) is 155 cm³/mol. The number of alkyl halides is 3. The summed E-state index contributed by atoms with van der Waals surface area (Å²) in [6, 6.07) is 14.2. The SMILES string of the molecule is O=C1CCCCCCCCC(=O)NCc2cccc(c2)CNc2nc(nc(OCC(F)(F)F)n2)Nc2ccc(cc2)CN1. The van der Waals surface area contributed by atoms with Crippen molar-refractivity contribution in [3.05, 3.63) is 65.2 Å². The van der Waals surface area contributed by atoms with E-state index >= 15 is 0 Å². The number of carbonyl (C=O) groups is 2. The van der Waals surface area contributed by atoms with E-state index in [0.717, 1.165) is 55.2 Å². The minimum absolute atomic E-state index is 0.00968. The lowest BCUT2D eigenvalue weighted by molar-refractivity contribution is -0.154. The van der Waals surface area contributed by atoms with Crippen LogP contribution in [0, 0.1) is 0 Å². The molecule has 230 valence electrons. The maximum absolute atomic E-state index is 12.8. The van der Waals surface area contributed by atoms with Crippen molar-refractivity contribution in [2.24, 2.45) is 0 Å². The fourth-order valence-corrected chi connectivity index (χ4v) is 4.42. The van der Waals surface area contributed by atoms with Gasteiger partial charge in [0.1, 0.15) is 0 Å². The van der Waals surface area contributed by atoms with Gasteiger partial charge in [-0.05, 0) is 41.7 Å². The first kappa shape index (κ1) is 31.5. The Morgan fingerprint density at radius 2 is 1.23 bits per heavy atom. The molecule has 13 heteroatoms. The molecule has 4 N–H and O–H groups in total. The van der Waals surface area contributed by atoms with Crippen LogP contribution in [0.4, 0.5) is 30.8 Å². The zero-order valence-electron chi connectivity index (χ0n) is 23.8. The molecule has 3 heterocycles. The van der Waals surface area contributed by atoms with Crippen molar-refractivity contribution >= 4 is 29.4 Å². The van der Waals surface area contributed by atoms with Gasteiger partial charge in [0.2, 0.25) is 23.7 Å². The maximum atomic E-state index is 12.8. The van der Waals surface area contributed by atoms with E-state index in [1.54, 1.807) is 12.1 Å². The van der Waals surface area contributed by atoms with Crippen molar-refractivity contribution in [2.45, 2.75) is 77.2 Å². The number of anilines is 3. The first-order chi connectivity index (χ1) is 20.7. The molecular formula is C30H36F3N7O3. The van der Waals surface area contributed by atoms with Gasteiger partial charge in [-0.25, -0.2) is 0 Å². The van der Waals surface area contributed by atoms with Crippen molar-refractivity contribution < 1.29 is 27.5 Å². The number of halogens is 3. The summed E-state index contributed by atoms with van der Waals surface area (Å²) in [5.41, 5.74) is 3.24. The molecule has 0 saturated carbocycles. The number of aromatic nitrogens is 3. The lowest BCUT2D eigenvalue weighted by Gasteiger charge is -2.13. The van der Waals surface area contributed by atoms with Gasteiger partial charge in [0, 0.05) is 38.2 Å². The van der Waals surface area contributed by atoms with Crippen LogP contribution >= 0.6 is 0 Å². The summed E-state index contributed by atoms with van der Waals surface area (Å²) in [5, 5.41) is 11.8. The van der Waals surface area contributed by atoms with Crippen molar-refractivity contribution in [1.29, 1.82) is 0 Å². The second kappa shape index (κ2) is 15.7. The summed E-state index contributed by atoms with van der Waals surface area (Å²) >= 11 is 0. The molecule has 0 unspecified atom stereocenters. The molecule has 0 spiro atoms. The van der Waals surface area contributed by atoms with Gasteiger partial charge < -0.3 is 26.0 Å². The molecular weight excluding hydrogens is 563 g/mol. The number of nitrogens with zero attached hydrogens (tertiary/aromatic N) is 3. The molecule has 6 bridgehead atoms. The number of hydrogen-bond donors (Lipinski definition) is 4. The Morgan fingerprint density at radius 1 is 0.674 bits per heavy atom. The Labute approximate surface area is 248 Å².